The molecule has 4 heteroatoms. The van der Waals surface area contributed by atoms with E-state index in [9.17, 15) is 4.39 Å². The van der Waals surface area contributed by atoms with Gasteiger partial charge in [0.1, 0.15) is 0 Å². The van der Waals surface area contributed by atoms with Gasteiger partial charge >= 0.3 is 0 Å². The van der Waals surface area contributed by atoms with Crippen molar-refractivity contribution in [1.82, 2.24) is 4.98 Å². The number of pyridine rings is 1. The molecule has 11 heavy (non-hydrogen) atoms. The van der Waals surface area contributed by atoms with E-state index in [2.05, 4.69) is 4.98 Å². The topological polar surface area (TPSA) is 12.9 Å². The van der Waals surface area contributed by atoms with Gasteiger partial charge in [0.25, 0.3) is 0 Å². The summed E-state index contributed by atoms with van der Waals surface area (Å²) < 4.78 is 13.0. The molecule has 0 aliphatic heterocycles. The molecule has 0 aliphatic carbocycles. The van der Waals surface area contributed by atoms with Crippen LogP contribution in [0.4, 0.5) is 4.39 Å². The summed E-state index contributed by atoms with van der Waals surface area (Å²) in [4.78, 5) is 4.51. The molecule has 0 aliphatic rings. The summed E-state index contributed by atoms with van der Waals surface area (Å²) in [6, 6.07) is 0. The number of halogens is 2. The zero-order valence-electron chi connectivity index (χ0n) is 6.19. The van der Waals surface area contributed by atoms with E-state index in [1.807, 2.05) is 6.26 Å². The van der Waals surface area contributed by atoms with E-state index in [-0.39, 0.29) is 5.15 Å². The van der Waals surface area contributed by atoms with Gasteiger partial charge in [0, 0.05) is 16.7 Å². The van der Waals surface area contributed by atoms with E-state index >= 15 is 0 Å². The van der Waals surface area contributed by atoms with Crippen LogP contribution in [0.3, 0.4) is 0 Å². The van der Waals surface area contributed by atoms with Gasteiger partial charge in [-0.15, -0.1) is 11.8 Å². The molecular weight excluding hydrogens is 185 g/mol. The van der Waals surface area contributed by atoms with Crippen molar-refractivity contribution in [2.24, 2.45) is 0 Å². The van der Waals surface area contributed by atoms with Crippen molar-refractivity contribution in [3.05, 3.63) is 22.7 Å². The number of thioether (sulfide) groups is 1. The van der Waals surface area contributed by atoms with Gasteiger partial charge in [0.15, 0.2) is 11.0 Å². The van der Waals surface area contributed by atoms with Gasteiger partial charge in [-0.05, 0) is 13.2 Å². The lowest BCUT2D eigenvalue weighted by atomic mass is 10.3. The molecule has 0 saturated carbocycles. The summed E-state index contributed by atoms with van der Waals surface area (Å²) in [5.74, 6) is -0.418. The smallest absolute Gasteiger partial charge is 0.165 e. The molecule has 0 radical (unpaired) electrons. The van der Waals surface area contributed by atoms with Crippen LogP contribution < -0.4 is 0 Å². The van der Waals surface area contributed by atoms with Crippen LogP contribution in [-0.2, 0) is 0 Å². The summed E-state index contributed by atoms with van der Waals surface area (Å²) in [5.41, 5.74) is 0.567. The first-order chi connectivity index (χ1) is 5.16. The van der Waals surface area contributed by atoms with Gasteiger partial charge in [-0.25, -0.2) is 9.37 Å². The van der Waals surface area contributed by atoms with Gasteiger partial charge in [-0.3, -0.25) is 0 Å². The van der Waals surface area contributed by atoms with Crippen LogP contribution in [0.15, 0.2) is 11.1 Å². The van der Waals surface area contributed by atoms with Gasteiger partial charge < -0.3 is 0 Å². The number of rotatable bonds is 1. The first kappa shape index (κ1) is 8.81. The highest BCUT2D eigenvalue weighted by Gasteiger charge is 2.07. The molecule has 1 rings (SSSR count). The van der Waals surface area contributed by atoms with Gasteiger partial charge in [-0.1, -0.05) is 11.6 Å². The molecule has 0 aromatic carbocycles. The minimum absolute atomic E-state index is 0.0553. The molecule has 0 unspecified atom stereocenters. The summed E-state index contributed by atoms with van der Waals surface area (Å²) in [6.07, 6.45) is 3.45. The van der Waals surface area contributed by atoms with E-state index in [1.165, 1.54) is 11.8 Å². The van der Waals surface area contributed by atoms with Crippen molar-refractivity contribution in [3.63, 3.8) is 0 Å². The van der Waals surface area contributed by atoms with E-state index in [1.54, 1.807) is 13.1 Å². The van der Waals surface area contributed by atoms with Crippen molar-refractivity contribution >= 4 is 23.4 Å². The van der Waals surface area contributed by atoms with Crippen molar-refractivity contribution < 1.29 is 4.39 Å². The minimum Gasteiger partial charge on any atom is -0.240 e. The Morgan fingerprint density at radius 2 is 2.27 bits per heavy atom. The van der Waals surface area contributed by atoms with Gasteiger partial charge in [-0.2, -0.15) is 0 Å². The second kappa shape index (κ2) is 3.41. The average molecular weight is 192 g/mol. The van der Waals surface area contributed by atoms with Crippen molar-refractivity contribution in [1.29, 1.82) is 0 Å². The average Bonchev–Trinajstić information content (AvgIpc) is 2.01. The molecule has 0 spiro atoms. The molecule has 0 atom stereocenters. The van der Waals surface area contributed by atoms with E-state index in [0.29, 0.717) is 5.56 Å². The Balaban J connectivity index is 3.25. The molecule has 0 amide bonds. The lowest BCUT2D eigenvalue weighted by molar-refractivity contribution is 0.606. The van der Waals surface area contributed by atoms with Crippen LogP contribution in [0.2, 0.25) is 5.15 Å². The highest BCUT2D eigenvalue weighted by atomic mass is 35.5. The first-order valence-corrected chi connectivity index (χ1v) is 4.61. The summed E-state index contributed by atoms with van der Waals surface area (Å²) in [7, 11) is 0. The third kappa shape index (κ3) is 1.65. The number of hydrogen-bond donors (Lipinski definition) is 0. The van der Waals surface area contributed by atoms with Crippen LogP contribution in [0.1, 0.15) is 5.56 Å². The highest BCUT2D eigenvalue weighted by molar-refractivity contribution is 7.98. The molecule has 0 bridgehead atoms. The fourth-order valence-corrected chi connectivity index (χ4v) is 1.48. The Hall–Kier alpha value is -0.280. The largest absolute Gasteiger partial charge is 0.240 e. The van der Waals surface area contributed by atoms with Crippen molar-refractivity contribution in [2.75, 3.05) is 6.26 Å². The fourth-order valence-electron chi connectivity index (χ4n) is 0.737. The monoisotopic (exact) mass is 191 g/mol. The zero-order valence-corrected chi connectivity index (χ0v) is 7.76. The predicted molar refractivity (Wildman–Crippen MR) is 45.7 cm³/mol. The van der Waals surface area contributed by atoms with Crippen LogP contribution in [-0.4, -0.2) is 11.2 Å². The third-order valence-electron chi connectivity index (χ3n) is 1.40. The third-order valence-corrected chi connectivity index (χ3v) is 2.51. The molecule has 0 fully saturated rings. The standard InChI is InChI=1S/C7H7ClFNS/c1-4-5(11-2)3-10-7(8)6(4)9/h3H,1-2H3. The second-order valence-corrected chi connectivity index (χ2v) is 3.26. The summed E-state index contributed by atoms with van der Waals surface area (Å²) >= 11 is 6.90. The van der Waals surface area contributed by atoms with E-state index in [4.69, 9.17) is 11.6 Å². The minimum atomic E-state index is -0.418. The maximum Gasteiger partial charge on any atom is 0.165 e. The molecule has 0 saturated heterocycles. The normalized spacial score (nSPS) is 10.2. The maximum absolute atomic E-state index is 13.0. The van der Waals surface area contributed by atoms with Gasteiger partial charge in [0.2, 0.25) is 0 Å². The molecule has 60 valence electrons. The van der Waals surface area contributed by atoms with Gasteiger partial charge in [0.05, 0.1) is 0 Å². The van der Waals surface area contributed by atoms with Crippen LogP contribution in [0.25, 0.3) is 0 Å². The summed E-state index contributed by atoms with van der Waals surface area (Å²) in [5, 5.41) is -0.0553. The summed E-state index contributed by atoms with van der Waals surface area (Å²) in [6.45, 7) is 1.69. The molecular formula is C7H7ClFNS. The Bertz CT molecular complexity index is 277. The molecule has 1 aromatic rings. The van der Waals surface area contributed by atoms with E-state index < -0.39 is 5.82 Å². The first-order valence-electron chi connectivity index (χ1n) is 3.01. The Morgan fingerprint density at radius 3 is 2.82 bits per heavy atom. The molecule has 1 aromatic heterocycles. The number of nitrogens with zero attached hydrogens (tertiary/aromatic N) is 1. The fraction of sp³-hybridized carbons (Fsp3) is 0.286. The van der Waals surface area contributed by atoms with Crippen molar-refractivity contribution in [2.45, 2.75) is 11.8 Å². The SMILES string of the molecule is CSc1cnc(Cl)c(F)c1C. The molecule has 1 heterocycles. The highest BCUT2D eigenvalue weighted by Crippen LogP contribution is 2.24. The Kier molecular flexibility index (Phi) is 2.73. The number of aromatic nitrogens is 1. The zero-order chi connectivity index (χ0) is 8.43. The van der Waals surface area contributed by atoms with E-state index in [0.717, 1.165) is 4.90 Å². The maximum atomic E-state index is 13.0. The second-order valence-electron chi connectivity index (χ2n) is 2.06. The predicted octanol–water partition coefficient (Wildman–Crippen LogP) is 2.90. The Morgan fingerprint density at radius 1 is 1.64 bits per heavy atom. The molecule has 0 N–H and O–H groups in total. The quantitative estimate of drug-likeness (QED) is 0.500. The lowest BCUT2D eigenvalue weighted by Crippen LogP contribution is -1.90. The lowest BCUT2D eigenvalue weighted by Gasteiger charge is -2.02. The number of hydrogen-bond acceptors (Lipinski definition) is 2. The van der Waals surface area contributed by atoms with Crippen LogP contribution in [0, 0.1) is 12.7 Å². The molecule has 1 nitrogen and oxygen atoms in total. The Labute approximate surface area is 74.0 Å². The van der Waals surface area contributed by atoms with Crippen molar-refractivity contribution in [3.8, 4) is 0 Å². The van der Waals surface area contributed by atoms with Crippen LogP contribution >= 0.6 is 23.4 Å². The van der Waals surface area contributed by atoms with Crippen LogP contribution in [0.5, 0.6) is 0 Å².